The Labute approximate surface area is 103 Å². The van der Waals surface area contributed by atoms with Crippen LogP contribution in [0.3, 0.4) is 0 Å². The summed E-state index contributed by atoms with van der Waals surface area (Å²) in [5.41, 5.74) is 9.74. The average Bonchev–Trinajstić information content (AvgIpc) is 2.63. The van der Waals surface area contributed by atoms with Crippen LogP contribution in [0.15, 0.2) is 27.2 Å². The van der Waals surface area contributed by atoms with Gasteiger partial charge in [-0.2, -0.15) is 0 Å². The van der Waals surface area contributed by atoms with Crippen LogP contribution in [-0.2, 0) is 6.42 Å². The Morgan fingerprint density at radius 3 is 2.81 bits per heavy atom. The van der Waals surface area contributed by atoms with Gasteiger partial charge in [0.25, 0.3) is 0 Å². The quantitative estimate of drug-likeness (QED) is 0.915. The molecule has 0 aliphatic rings. The second-order valence-electron chi connectivity index (χ2n) is 3.69. The first kappa shape index (κ1) is 11.2. The van der Waals surface area contributed by atoms with E-state index in [-0.39, 0.29) is 0 Å². The molecule has 1 aromatic carbocycles. The third-order valence-electron chi connectivity index (χ3n) is 2.60. The summed E-state index contributed by atoms with van der Waals surface area (Å²) in [5, 5.41) is 4.01. The van der Waals surface area contributed by atoms with E-state index in [1.807, 2.05) is 26.0 Å². The van der Waals surface area contributed by atoms with Gasteiger partial charge in [-0.25, -0.2) is 0 Å². The molecule has 0 saturated heterocycles. The zero-order valence-electron chi connectivity index (χ0n) is 9.25. The molecule has 1 aromatic heterocycles. The van der Waals surface area contributed by atoms with E-state index < -0.39 is 0 Å². The molecule has 0 saturated carbocycles. The van der Waals surface area contributed by atoms with Crippen LogP contribution in [0.4, 0.5) is 5.88 Å². The molecule has 0 bridgehead atoms. The highest BCUT2D eigenvalue weighted by molar-refractivity contribution is 9.10. The number of nitrogens with zero attached hydrogens (tertiary/aromatic N) is 1. The minimum Gasteiger partial charge on any atom is -0.367 e. The van der Waals surface area contributed by atoms with Crippen molar-refractivity contribution in [2.45, 2.75) is 20.3 Å². The maximum atomic E-state index is 5.72. The van der Waals surface area contributed by atoms with E-state index in [1.54, 1.807) is 0 Å². The van der Waals surface area contributed by atoms with Crippen molar-refractivity contribution in [2.75, 3.05) is 5.73 Å². The number of hydrogen-bond acceptors (Lipinski definition) is 3. The Kier molecular flexibility index (Phi) is 3.01. The number of halogens is 1. The predicted molar refractivity (Wildman–Crippen MR) is 68.2 cm³/mol. The molecule has 16 heavy (non-hydrogen) atoms. The number of rotatable bonds is 2. The highest BCUT2D eigenvalue weighted by atomic mass is 79.9. The minimum atomic E-state index is 0.415. The SMILES string of the molecule is CCc1c(-c2ccc(Br)c(C)c2)noc1N. The second-order valence-corrected chi connectivity index (χ2v) is 4.55. The summed E-state index contributed by atoms with van der Waals surface area (Å²) in [5.74, 6) is 0.415. The third kappa shape index (κ3) is 1.85. The second kappa shape index (κ2) is 4.29. The molecule has 0 spiro atoms. The van der Waals surface area contributed by atoms with Gasteiger partial charge in [-0.1, -0.05) is 34.1 Å². The van der Waals surface area contributed by atoms with Crippen LogP contribution in [0.2, 0.25) is 0 Å². The number of aryl methyl sites for hydroxylation is 1. The van der Waals surface area contributed by atoms with Crippen molar-refractivity contribution in [1.29, 1.82) is 0 Å². The summed E-state index contributed by atoms with van der Waals surface area (Å²) in [7, 11) is 0. The van der Waals surface area contributed by atoms with Crippen LogP contribution in [0.25, 0.3) is 11.3 Å². The van der Waals surface area contributed by atoms with Gasteiger partial charge in [0.05, 0.1) is 0 Å². The molecule has 0 aliphatic carbocycles. The highest BCUT2D eigenvalue weighted by Gasteiger charge is 2.13. The third-order valence-corrected chi connectivity index (χ3v) is 3.49. The Hall–Kier alpha value is -1.29. The zero-order chi connectivity index (χ0) is 11.7. The van der Waals surface area contributed by atoms with E-state index >= 15 is 0 Å². The Balaban J connectivity index is 2.54. The van der Waals surface area contributed by atoms with E-state index in [4.69, 9.17) is 10.3 Å². The monoisotopic (exact) mass is 280 g/mol. The van der Waals surface area contributed by atoms with Crippen molar-refractivity contribution in [2.24, 2.45) is 0 Å². The van der Waals surface area contributed by atoms with Gasteiger partial charge >= 0.3 is 0 Å². The van der Waals surface area contributed by atoms with Crippen molar-refractivity contribution in [3.63, 3.8) is 0 Å². The molecule has 0 fully saturated rings. The maximum absolute atomic E-state index is 5.72. The molecular weight excluding hydrogens is 268 g/mol. The van der Waals surface area contributed by atoms with Crippen LogP contribution in [0, 0.1) is 6.92 Å². The summed E-state index contributed by atoms with van der Waals surface area (Å²) >= 11 is 3.47. The molecule has 0 unspecified atom stereocenters. The highest BCUT2D eigenvalue weighted by Crippen LogP contribution is 2.29. The lowest BCUT2D eigenvalue weighted by atomic mass is 10.0. The number of nitrogen functional groups attached to an aromatic ring is 1. The van der Waals surface area contributed by atoms with Crippen molar-refractivity contribution < 1.29 is 4.52 Å². The van der Waals surface area contributed by atoms with Crippen LogP contribution < -0.4 is 5.73 Å². The van der Waals surface area contributed by atoms with Crippen molar-refractivity contribution in [3.05, 3.63) is 33.8 Å². The van der Waals surface area contributed by atoms with Gasteiger partial charge in [-0.3, -0.25) is 0 Å². The van der Waals surface area contributed by atoms with E-state index in [2.05, 4.69) is 27.2 Å². The van der Waals surface area contributed by atoms with Crippen molar-refractivity contribution in [3.8, 4) is 11.3 Å². The Morgan fingerprint density at radius 2 is 2.19 bits per heavy atom. The number of hydrogen-bond donors (Lipinski definition) is 1. The van der Waals surface area contributed by atoms with Gasteiger partial charge in [0.2, 0.25) is 5.88 Å². The topological polar surface area (TPSA) is 52.0 Å². The van der Waals surface area contributed by atoms with Gasteiger partial charge in [0.1, 0.15) is 5.69 Å². The maximum Gasteiger partial charge on any atom is 0.225 e. The molecule has 2 N–H and O–H groups in total. The van der Waals surface area contributed by atoms with E-state index in [1.165, 1.54) is 5.56 Å². The van der Waals surface area contributed by atoms with Crippen LogP contribution in [0.1, 0.15) is 18.1 Å². The minimum absolute atomic E-state index is 0.415. The molecular formula is C12H13BrN2O. The first-order valence-corrected chi connectivity index (χ1v) is 5.93. The normalized spacial score (nSPS) is 10.7. The van der Waals surface area contributed by atoms with Crippen LogP contribution >= 0.6 is 15.9 Å². The van der Waals surface area contributed by atoms with Gasteiger partial charge in [0, 0.05) is 15.6 Å². The summed E-state index contributed by atoms with van der Waals surface area (Å²) in [6, 6.07) is 6.09. The smallest absolute Gasteiger partial charge is 0.225 e. The summed E-state index contributed by atoms with van der Waals surface area (Å²) in [6.45, 7) is 4.08. The lowest BCUT2D eigenvalue weighted by Gasteiger charge is -2.02. The van der Waals surface area contributed by atoms with Gasteiger partial charge < -0.3 is 10.3 Å². The fraction of sp³-hybridized carbons (Fsp3) is 0.250. The number of aromatic nitrogens is 1. The molecule has 2 aromatic rings. The fourth-order valence-electron chi connectivity index (χ4n) is 1.68. The van der Waals surface area contributed by atoms with Gasteiger partial charge in [-0.05, 0) is 31.0 Å². The van der Waals surface area contributed by atoms with Gasteiger partial charge in [-0.15, -0.1) is 0 Å². The van der Waals surface area contributed by atoms with Crippen LogP contribution in [-0.4, -0.2) is 5.16 Å². The molecule has 1 heterocycles. The lowest BCUT2D eigenvalue weighted by Crippen LogP contribution is -1.90. The van der Waals surface area contributed by atoms with Crippen molar-refractivity contribution >= 4 is 21.8 Å². The molecule has 3 nitrogen and oxygen atoms in total. The summed E-state index contributed by atoms with van der Waals surface area (Å²) in [4.78, 5) is 0. The number of anilines is 1. The number of nitrogens with two attached hydrogens (primary N) is 1. The zero-order valence-corrected chi connectivity index (χ0v) is 10.8. The number of benzene rings is 1. The fourth-order valence-corrected chi connectivity index (χ4v) is 1.93. The standard InChI is InChI=1S/C12H13BrN2O/c1-3-9-11(15-16-12(9)14)8-4-5-10(13)7(2)6-8/h4-6H,3,14H2,1-2H3. The van der Waals surface area contributed by atoms with E-state index in [0.717, 1.165) is 27.7 Å². The molecule has 0 amide bonds. The largest absolute Gasteiger partial charge is 0.367 e. The average molecular weight is 281 g/mol. The molecule has 84 valence electrons. The van der Waals surface area contributed by atoms with Crippen molar-refractivity contribution in [1.82, 2.24) is 5.16 Å². The molecule has 0 aliphatic heterocycles. The van der Waals surface area contributed by atoms with Crippen LogP contribution in [0.5, 0.6) is 0 Å². The molecule has 2 rings (SSSR count). The van der Waals surface area contributed by atoms with E-state index in [9.17, 15) is 0 Å². The molecule has 4 heteroatoms. The predicted octanol–water partition coefficient (Wildman–Crippen LogP) is 3.56. The van der Waals surface area contributed by atoms with Gasteiger partial charge in [0.15, 0.2) is 0 Å². The lowest BCUT2D eigenvalue weighted by molar-refractivity contribution is 0.438. The first-order valence-electron chi connectivity index (χ1n) is 5.14. The Morgan fingerprint density at radius 1 is 1.44 bits per heavy atom. The van der Waals surface area contributed by atoms with E-state index in [0.29, 0.717) is 5.88 Å². The summed E-state index contributed by atoms with van der Waals surface area (Å²) in [6.07, 6.45) is 0.819. The Bertz CT molecular complexity index is 520. The molecule has 0 radical (unpaired) electrons. The molecule has 0 atom stereocenters. The summed E-state index contributed by atoms with van der Waals surface area (Å²) < 4.78 is 6.12. The first-order chi connectivity index (χ1) is 7.63.